The zero-order chi connectivity index (χ0) is 13.9. The minimum absolute atomic E-state index is 0.0473. The van der Waals surface area contributed by atoms with Gasteiger partial charge < -0.3 is 5.32 Å². The molecule has 1 aromatic carbocycles. The van der Waals surface area contributed by atoms with Gasteiger partial charge in [-0.1, -0.05) is 6.92 Å². The van der Waals surface area contributed by atoms with Gasteiger partial charge in [-0.05, 0) is 43.5 Å². The van der Waals surface area contributed by atoms with E-state index in [4.69, 9.17) is 10.7 Å². The number of halogens is 1. The van der Waals surface area contributed by atoms with Gasteiger partial charge in [-0.3, -0.25) is 4.79 Å². The summed E-state index contributed by atoms with van der Waals surface area (Å²) in [5, 5.41) is 2.72. The summed E-state index contributed by atoms with van der Waals surface area (Å²) in [7, 11) is 1.48. The highest BCUT2D eigenvalue weighted by atomic mass is 35.7. The molecule has 0 spiro atoms. The summed E-state index contributed by atoms with van der Waals surface area (Å²) in [6, 6.07) is 2.78. The second kappa shape index (κ2) is 5.71. The van der Waals surface area contributed by atoms with Crippen molar-refractivity contribution in [2.75, 3.05) is 6.54 Å². The molecule has 18 heavy (non-hydrogen) atoms. The van der Waals surface area contributed by atoms with E-state index in [0.717, 1.165) is 17.5 Å². The molecule has 0 bridgehead atoms. The lowest BCUT2D eigenvalue weighted by atomic mass is 10.0. The van der Waals surface area contributed by atoms with Crippen molar-refractivity contribution < 1.29 is 13.2 Å². The predicted octanol–water partition coefficient (Wildman–Crippen LogP) is 2.37. The highest BCUT2D eigenvalue weighted by molar-refractivity contribution is 8.13. The van der Waals surface area contributed by atoms with Crippen LogP contribution in [0.2, 0.25) is 0 Å². The molecular weight excluding hydrogens is 274 g/mol. The number of benzene rings is 1. The highest BCUT2D eigenvalue weighted by Gasteiger charge is 2.17. The van der Waals surface area contributed by atoms with Crippen molar-refractivity contribution in [1.82, 2.24) is 5.32 Å². The number of carbonyl (C=O) groups excluding carboxylic acids is 1. The molecule has 0 radical (unpaired) electrons. The average molecular weight is 290 g/mol. The topological polar surface area (TPSA) is 63.2 Å². The third kappa shape index (κ3) is 3.46. The number of rotatable bonds is 4. The van der Waals surface area contributed by atoms with Crippen LogP contribution in [0.25, 0.3) is 0 Å². The maximum absolute atomic E-state index is 11.9. The summed E-state index contributed by atoms with van der Waals surface area (Å²) < 4.78 is 22.6. The molecule has 6 heteroatoms. The molecule has 0 unspecified atom stereocenters. The van der Waals surface area contributed by atoms with Crippen LogP contribution in [0.5, 0.6) is 0 Å². The van der Waals surface area contributed by atoms with Crippen molar-refractivity contribution in [3.8, 4) is 0 Å². The first-order valence-corrected chi connectivity index (χ1v) is 7.92. The van der Waals surface area contributed by atoms with Gasteiger partial charge in [-0.25, -0.2) is 8.42 Å². The molecule has 0 aromatic heterocycles. The Hall–Kier alpha value is -1.07. The predicted molar refractivity (Wildman–Crippen MR) is 71.6 cm³/mol. The van der Waals surface area contributed by atoms with E-state index in [1.54, 1.807) is 13.8 Å². The van der Waals surface area contributed by atoms with E-state index in [1.165, 1.54) is 12.1 Å². The summed E-state index contributed by atoms with van der Waals surface area (Å²) in [6.07, 6.45) is 0.817. The Balaban J connectivity index is 3.27. The van der Waals surface area contributed by atoms with Gasteiger partial charge in [0.25, 0.3) is 15.0 Å². The van der Waals surface area contributed by atoms with Gasteiger partial charge in [-0.15, -0.1) is 0 Å². The van der Waals surface area contributed by atoms with Crippen LogP contribution in [0.4, 0.5) is 0 Å². The molecule has 4 nitrogen and oxygen atoms in total. The lowest BCUT2D eigenvalue weighted by molar-refractivity contribution is 0.0952. The summed E-state index contributed by atoms with van der Waals surface area (Å²) in [5.41, 5.74) is 1.83. The molecule has 0 aliphatic carbocycles. The van der Waals surface area contributed by atoms with Crippen LogP contribution in [0, 0.1) is 13.8 Å². The molecule has 1 rings (SSSR count). The van der Waals surface area contributed by atoms with Crippen molar-refractivity contribution in [3.05, 3.63) is 28.8 Å². The summed E-state index contributed by atoms with van der Waals surface area (Å²) in [6.45, 7) is 6.02. The van der Waals surface area contributed by atoms with Gasteiger partial charge >= 0.3 is 0 Å². The second-order valence-electron chi connectivity index (χ2n) is 4.11. The Morgan fingerprint density at radius 1 is 1.33 bits per heavy atom. The molecule has 0 aliphatic heterocycles. The standard InChI is InChI=1S/C12H16ClNO3S/c1-4-5-14-12(15)11-7-10(18(13,16)17)6-8(2)9(11)3/h6-7H,4-5H2,1-3H3,(H,14,15). The van der Waals surface area contributed by atoms with Gasteiger partial charge in [-0.2, -0.15) is 0 Å². The fraction of sp³-hybridized carbons (Fsp3) is 0.417. The zero-order valence-corrected chi connectivity index (χ0v) is 12.2. The zero-order valence-electron chi connectivity index (χ0n) is 10.6. The van der Waals surface area contributed by atoms with E-state index in [-0.39, 0.29) is 10.8 Å². The van der Waals surface area contributed by atoms with Crippen LogP contribution in [-0.2, 0) is 9.05 Å². The molecule has 0 fully saturated rings. The Morgan fingerprint density at radius 2 is 1.94 bits per heavy atom. The quantitative estimate of drug-likeness (QED) is 0.866. The first kappa shape index (κ1) is 15.0. The van der Waals surface area contributed by atoms with Crippen LogP contribution < -0.4 is 5.32 Å². The maximum Gasteiger partial charge on any atom is 0.261 e. The Labute approximate surface area is 112 Å². The number of amides is 1. The molecule has 0 saturated carbocycles. The van der Waals surface area contributed by atoms with Crippen LogP contribution in [0.1, 0.15) is 34.8 Å². The number of aryl methyl sites for hydroxylation is 1. The van der Waals surface area contributed by atoms with Crippen LogP contribution in [0.3, 0.4) is 0 Å². The van der Waals surface area contributed by atoms with E-state index in [2.05, 4.69) is 5.32 Å². The third-order valence-electron chi connectivity index (χ3n) is 2.70. The lowest BCUT2D eigenvalue weighted by Crippen LogP contribution is -2.25. The van der Waals surface area contributed by atoms with Crippen molar-refractivity contribution in [3.63, 3.8) is 0 Å². The summed E-state index contributed by atoms with van der Waals surface area (Å²) >= 11 is 0. The highest BCUT2D eigenvalue weighted by Crippen LogP contribution is 2.22. The van der Waals surface area contributed by atoms with Crippen molar-refractivity contribution >= 4 is 25.6 Å². The van der Waals surface area contributed by atoms with Gasteiger partial charge in [0.2, 0.25) is 0 Å². The number of nitrogens with one attached hydrogen (secondary N) is 1. The normalized spacial score (nSPS) is 11.3. The van der Waals surface area contributed by atoms with E-state index < -0.39 is 9.05 Å². The van der Waals surface area contributed by atoms with Crippen LogP contribution in [-0.4, -0.2) is 20.9 Å². The third-order valence-corrected chi connectivity index (χ3v) is 4.04. The largest absolute Gasteiger partial charge is 0.352 e. The summed E-state index contributed by atoms with van der Waals surface area (Å²) in [4.78, 5) is 11.9. The smallest absolute Gasteiger partial charge is 0.261 e. The molecule has 0 atom stereocenters. The molecule has 1 N–H and O–H groups in total. The minimum atomic E-state index is -3.83. The van der Waals surface area contributed by atoms with Crippen molar-refractivity contribution in [1.29, 1.82) is 0 Å². The van der Waals surface area contributed by atoms with Crippen molar-refractivity contribution in [2.45, 2.75) is 32.1 Å². The second-order valence-corrected chi connectivity index (χ2v) is 6.67. The van der Waals surface area contributed by atoms with Gasteiger partial charge in [0.1, 0.15) is 0 Å². The average Bonchev–Trinajstić information content (AvgIpc) is 2.27. The molecule has 1 amide bonds. The van der Waals surface area contributed by atoms with E-state index >= 15 is 0 Å². The maximum atomic E-state index is 11.9. The molecule has 0 saturated heterocycles. The first-order valence-electron chi connectivity index (χ1n) is 5.61. The van der Waals surface area contributed by atoms with E-state index in [9.17, 15) is 13.2 Å². The van der Waals surface area contributed by atoms with Gasteiger partial charge in [0, 0.05) is 22.8 Å². The van der Waals surface area contributed by atoms with E-state index in [1.807, 2.05) is 6.92 Å². The Bertz CT molecular complexity index is 567. The summed E-state index contributed by atoms with van der Waals surface area (Å²) in [5.74, 6) is -0.278. The van der Waals surface area contributed by atoms with Gasteiger partial charge in [0.15, 0.2) is 0 Å². The molecule has 1 aromatic rings. The monoisotopic (exact) mass is 289 g/mol. The minimum Gasteiger partial charge on any atom is -0.352 e. The molecular formula is C12H16ClNO3S. The fourth-order valence-electron chi connectivity index (χ4n) is 1.54. The fourth-order valence-corrected chi connectivity index (χ4v) is 2.38. The number of carbonyl (C=O) groups is 1. The Morgan fingerprint density at radius 3 is 2.44 bits per heavy atom. The molecule has 0 heterocycles. The van der Waals surface area contributed by atoms with Crippen LogP contribution in [0.15, 0.2) is 17.0 Å². The van der Waals surface area contributed by atoms with E-state index in [0.29, 0.717) is 12.1 Å². The SMILES string of the molecule is CCCNC(=O)c1cc(S(=O)(=O)Cl)cc(C)c1C. The number of hydrogen-bond acceptors (Lipinski definition) is 3. The molecule has 0 aliphatic rings. The first-order chi connectivity index (χ1) is 8.27. The van der Waals surface area contributed by atoms with Crippen molar-refractivity contribution in [2.24, 2.45) is 0 Å². The number of hydrogen-bond donors (Lipinski definition) is 1. The lowest BCUT2D eigenvalue weighted by Gasteiger charge is -2.10. The molecule has 100 valence electrons. The Kier molecular flexibility index (Phi) is 4.76. The van der Waals surface area contributed by atoms with Gasteiger partial charge in [0.05, 0.1) is 4.90 Å². The van der Waals surface area contributed by atoms with Crippen LogP contribution >= 0.6 is 10.7 Å².